The molecule has 0 spiro atoms. The zero-order valence-corrected chi connectivity index (χ0v) is 22.4. The molecule has 2 aromatic carbocycles. The van der Waals surface area contributed by atoms with Crippen molar-refractivity contribution in [2.24, 2.45) is 0 Å². The molecule has 0 aliphatic heterocycles. The lowest BCUT2D eigenvalue weighted by Gasteiger charge is -2.29. The molecule has 10 heteroatoms. The minimum Gasteiger partial charge on any atom is -1.00 e. The summed E-state index contributed by atoms with van der Waals surface area (Å²) in [4.78, 5) is 15.0. The van der Waals surface area contributed by atoms with Gasteiger partial charge in [-0.25, -0.2) is 19.3 Å². The first-order valence-electron chi connectivity index (χ1n) is 12.7. The molecule has 0 radical (unpaired) electrons. The molecule has 0 bridgehead atoms. The third-order valence-corrected chi connectivity index (χ3v) is 7.26. The quantitative estimate of drug-likeness (QED) is 0.257. The number of quaternary nitrogens is 1. The molecule has 38 heavy (non-hydrogen) atoms. The van der Waals surface area contributed by atoms with Crippen molar-refractivity contribution in [2.75, 3.05) is 27.2 Å². The highest BCUT2D eigenvalue weighted by molar-refractivity contribution is 5.84. The van der Waals surface area contributed by atoms with E-state index in [0.717, 1.165) is 43.5 Å². The Morgan fingerprint density at radius 2 is 1.18 bits per heavy atom. The first-order chi connectivity index (χ1) is 18.0. The van der Waals surface area contributed by atoms with E-state index in [4.69, 9.17) is 0 Å². The molecular weight excluding hydrogens is 498 g/mol. The predicted octanol–water partition coefficient (Wildman–Crippen LogP) is 0.794. The fourth-order valence-corrected chi connectivity index (χ4v) is 5.02. The van der Waals surface area contributed by atoms with Crippen molar-refractivity contribution in [3.05, 3.63) is 96.4 Å². The Balaban J connectivity index is 0.00000294. The zero-order chi connectivity index (χ0) is 25.2. The van der Waals surface area contributed by atoms with Gasteiger partial charge in [-0.2, -0.15) is 10.2 Å². The first-order valence-corrected chi connectivity index (χ1v) is 12.7. The van der Waals surface area contributed by atoms with Gasteiger partial charge in [0.25, 0.3) is 0 Å². The van der Waals surface area contributed by atoms with Gasteiger partial charge in [0.05, 0.1) is 40.3 Å². The second-order valence-electron chi connectivity index (χ2n) is 10.5. The standard InChI is InChI=1S/C28H32N9.ClH/c1-37(2,9-7-23-13-31-27-5-3-21(11-25(23)27)15-35-19-29-17-33-35)10-8-24-14-32-28-6-4-22(12-26(24)28)16-36-20-30-18-34-36;/h3-6,11-14,17-20,31-32H,7-10,15-16H2,1-2H3;1H/q+1;/p-1. The van der Waals surface area contributed by atoms with Crippen LogP contribution in [-0.4, -0.2) is 71.2 Å². The third-order valence-electron chi connectivity index (χ3n) is 7.26. The molecule has 6 aromatic rings. The molecule has 6 rings (SSSR count). The normalized spacial score (nSPS) is 11.8. The molecule has 4 heterocycles. The summed E-state index contributed by atoms with van der Waals surface area (Å²) in [6.45, 7) is 3.60. The minimum absolute atomic E-state index is 0. The van der Waals surface area contributed by atoms with Crippen molar-refractivity contribution < 1.29 is 16.9 Å². The molecule has 0 atom stereocenters. The summed E-state index contributed by atoms with van der Waals surface area (Å²) in [7, 11) is 4.66. The zero-order valence-electron chi connectivity index (χ0n) is 21.7. The Bertz CT molecular complexity index is 1490. The van der Waals surface area contributed by atoms with Crippen LogP contribution < -0.4 is 12.4 Å². The summed E-state index contributed by atoms with van der Waals surface area (Å²) in [6, 6.07) is 13.2. The van der Waals surface area contributed by atoms with E-state index in [1.165, 1.54) is 44.1 Å². The fraction of sp³-hybridized carbons (Fsp3) is 0.286. The van der Waals surface area contributed by atoms with Crippen LogP contribution >= 0.6 is 0 Å². The monoisotopic (exact) mass is 529 g/mol. The number of likely N-dealkylation sites (N-methyl/N-ethyl adjacent to an activating group) is 1. The van der Waals surface area contributed by atoms with Crippen LogP contribution in [0.3, 0.4) is 0 Å². The van der Waals surface area contributed by atoms with Crippen molar-refractivity contribution >= 4 is 21.8 Å². The van der Waals surface area contributed by atoms with Crippen LogP contribution in [-0.2, 0) is 25.9 Å². The summed E-state index contributed by atoms with van der Waals surface area (Å²) in [5.74, 6) is 0. The lowest BCUT2D eigenvalue weighted by Crippen LogP contribution is -3.00. The number of halogens is 1. The second kappa shape index (κ2) is 10.8. The van der Waals surface area contributed by atoms with Crippen LogP contribution in [0.15, 0.2) is 74.1 Å². The van der Waals surface area contributed by atoms with Crippen LogP contribution in [0.2, 0.25) is 0 Å². The Morgan fingerprint density at radius 3 is 1.61 bits per heavy atom. The number of aromatic amines is 2. The number of H-pyrrole nitrogens is 2. The van der Waals surface area contributed by atoms with Crippen LogP contribution in [0.4, 0.5) is 0 Å². The maximum absolute atomic E-state index is 4.24. The molecule has 9 nitrogen and oxygen atoms in total. The van der Waals surface area contributed by atoms with Crippen LogP contribution in [0.5, 0.6) is 0 Å². The van der Waals surface area contributed by atoms with E-state index in [2.05, 4.69) is 93.0 Å². The van der Waals surface area contributed by atoms with E-state index in [0.29, 0.717) is 0 Å². The number of nitrogens with zero attached hydrogens (tertiary/aromatic N) is 7. The van der Waals surface area contributed by atoms with Gasteiger partial charge in [-0.15, -0.1) is 0 Å². The molecule has 0 aliphatic carbocycles. The average molecular weight is 530 g/mol. The summed E-state index contributed by atoms with van der Waals surface area (Å²) >= 11 is 0. The lowest BCUT2D eigenvalue weighted by molar-refractivity contribution is -0.889. The van der Waals surface area contributed by atoms with Gasteiger partial charge in [0.1, 0.15) is 25.3 Å². The average Bonchev–Trinajstić information content (AvgIpc) is 3.70. The Morgan fingerprint density at radius 1 is 0.711 bits per heavy atom. The first kappa shape index (κ1) is 25.7. The van der Waals surface area contributed by atoms with Crippen molar-refractivity contribution in [3.63, 3.8) is 0 Å². The predicted molar refractivity (Wildman–Crippen MR) is 144 cm³/mol. The van der Waals surface area contributed by atoms with E-state index < -0.39 is 0 Å². The molecule has 0 unspecified atom stereocenters. The number of hydrogen-bond donors (Lipinski definition) is 2. The highest BCUT2D eigenvalue weighted by Crippen LogP contribution is 2.24. The number of rotatable bonds is 10. The van der Waals surface area contributed by atoms with Crippen LogP contribution in [0.25, 0.3) is 21.8 Å². The number of fused-ring (bicyclic) bond motifs is 2. The van der Waals surface area contributed by atoms with Gasteiger partial charge in [0.15, 0.2) is 0 Å². The number of hydrogen-bond acceptors (Lipinski definition) is 4. The Hall–Kier alpha value is -3.95. The second-order valence-corrected chi connectivity index (χ2v) is 10.5. The van der Waals surface area contributed by atoms with Crippen molar-refractivity contribution in [2.45, 2.75) is 25.9 Å². The van der Waals surface area contributed by atoms with Gasteiger partial charge in [0.2, 0.25) is 0 Å². The van der Waals surface area contributed by atoms with Gasteiger partial charge in [-0.3, -0.25) is 0 Å². The maximum Gasteiger partial charge on any atom is 0.137 e. The highest BCUT2D eigenvalue weighted by Gasteiger charge is 2.18. The summed E-state index contributed by atoms with van der Waals surface area (Å²) in [5.41, 5.74) is 7.56. The molecule has 0 saturated carbocycles. The van der Waals surface area contributed by atoms with Crippen molar-refractivity contribution in [3.8, 4) is 0 Å². The molecule has 0 amide bonds. The molecule has 0 saturated heterocycles. The van der Waals surface area contributed by atoms with E-state index >= 15 is 0 Å². The van der Waals surface area contributed by atoms with Gasteiger partial charge in [0, 0.05) is 47.0 Å². The lowest BCUT2D eigenvalue weighted by atomic mass is 10.1. The summed E-state index contributed by atoms with van der Waals surface area (Å²) < 4.78 is 4.67. The molecule has 4 aromatic heterocycles. The Labute approximate surface area is 227 Å². The van der Waals surface area contributed by atoms with Gasteiger partial charge in [-0.1, -0.05) is 12.1 Å². The Kier molecular flexibility index (Phi) is 7.31. The number of aromatic nitrogens is 8. The van der Waals surface area contributed by atoms with Crippen LogP contribution in [0.1, 0.15) is 22.3 Å². The minimum atomic E-state index is 0. The molecule has 0 aliphatic rings. The maximum atomic E-state index is 4.24. The smallest absolute Gasteiger partial charge is 0.137 e. The SMILES string of the molecule is C[N+](C)(CCc1c[nH]c2ccc(Cn3cncn3)cc12)CCc1c[nH]c2ccc(Cn3cncn3)cc12.[Cl-]. The topological polar surface area (TPSA) is 93.0 Å². The van der Waals surface area contributed by atoms with E-state index in [9.17, 15) is 0 Å². The summed E-state index contributed by atoms with van der Waals surface area (Å²) in [6.07, 6.45) is 13.1. The van der Waals surface area contributed by atoms with Crippen molar-refractivity contribution in [1.82, 2.24) is 39.5 Å². The molecule has 196 valence electrons. The molecule has 2 N–H and O–H groups in total. The third kappa shape index (κ3) is 5.64. The van der Waals surface area contributed by atoms with E-state index in [-0.39, 0.29) is 12.4 Å². The van der Waals surface area contributed by atoms with Gasteiger partial charge >= 0.3 is 0 Å². The van der Waals surface area contributed by atoms with E-state index in [1.54, 1.807) is 25.3 Å². The summed E-state index contributed by atoms with van der Waals surface area (Å²) in [5, 5.41) is 11.1. The van der Waals surface area contributed by atoms with E-state index in [1.807, 2.05) is 9.36 Å². The van der Waals surface area contributed by atoms with Crippen molar-refractivity contribution in [1.29, 1.82) is 0 Å². The number of benzene rings is 2. The molecule has 0 fully saturated rings. The molecular formula is C28H32ClN9. The largest absolute Gasteiger partial charge is 1.00 e. The fourth-order valence-electron chi connectivity index (χ4n) is 5.02. The van der Waals surface area contributed by atoms with Gasteiger partial charge < -0.3 is 26.9 Å². The highest BCUT2D eigenvalue weighted by atomic mass is 35.5. The number of nitrogens with one attached hydrogen (secondary N) is 2. The van der Waals surface area contributed by atoms with Crippen LogP contribution in [0, 0.1) is 0 Å². The van der Waals surface area contributed by atoms with Gasteiger partial charge in [-0.05, 0) is 46.5 Å².